The van der Waals surface area contributed by atoms with Gasteiger partial charge in [0.1, 0.15) is 17.3 Å². The van der Waals surface area contributed by atoms with Gasteiger partial charge >= 0.3 is 0 Å². The first kappa shape index (κ1) is 15.0. The Morgan fingerprint density at radius 1 is 1.20 bits per heavy atom. The summed E-state index contributed by atoms with van der Waals surface area (Å²) < 4.78 is 20.3. The van der Waals surface area contributed by atoms with E-state index in [2.05, 4.69) is 15.9 Å². The second kappa shape index (κ2) is 6.37. The maximum Gasteiger partial charge on any atom is 0.130 e. The molecule has 0 spiro atoms. The lowest BCUT2D eigenvalue weighted by atomic mass is 10.1. The number of benzene rings is 2. The van der Waals surface area contributed by atoms with E-state index in [0.717, 1.165) is 21.3 Å². The van der Waals surface area contributed by atoms with Gasteiger partial charge in [0.2, 0.25) is 0 Å². The Balaban J connectivity index is 2.32. The number of ether oxygens (including phenoxy) is 1. The largest absolute Gasteiger partial charge is 0.457 e. The Morgan fingerprint density at radius 3 is 2.55 bits per heavy atom. The van der Waals surface area contributed by atoms with Crippen molar-refractivity contribution in [3.63, 3.8) is 0 Å². The Hall–Kier alpha value is -1.39. The molecule has 0 radical (unpaired) electrons. The van der Waals surface area contributed by atoms with E-state index in [1.165, 1.54) is 12.1 Å². The van der Waals surface area contributed by atoms with E-state index in [1.54, 1.807) is 6.07 Å². The van der Waals surface area contributed by atoms with Gasteiger partial charge in [0.25, 0.3) is 0 Å². The third-order valence-corrected chi connectivity index (χ3v) is 3.41. The van der Waals surface area contributed by atoms with Crippen LogP contribution in [0.3, 0.4) is 0 Å². The fourth-order valence-electron chi connectivity index (χ4n) is 2.00. The van der Waals surface area contributed by atoms with Crippen LogP contribution in [0.15, 0.2) is 40.9 Å². The summed E-state index contributed by atoms with van der Waals surface area (Å²) in [6.07, 6.45) is 0.572. The minimum absolute atomic E-state index is 0.0508. The van der Waals surface area contributed by atoms with Crippen LogP contribution in [0, 0.1) is 12.7 Å². The van der Waals surface area contributed by atoms with Crippen molar-refractivity contribution in [2.75, 3.05) is 0 Å². The van der Waals surface area contributed by atoms with E-state index in [-0.39, 0.29) is 11.9 Å². The van der Waals surface area contributed by atoms with Gasteiger partial charge in [-0.1, -0.05) is 15.9 Å². The maximum atomic E-state index is 13.4. The van der Waals surface area contributed by atoms with Crippen molar-refractivity contribution in [1.82, 2.24) is 0 Å². The van der Waals surface area contributed by atoms with E-state index in [0.29, 0.717) is 12.2 Å². The number of hydrogen-bond donors (Lipinski definition) is 1. The highest BCUT2D eigenvalue weighted by atomic mass is 79.9. The molecule has 0 fully saturated rings. The molecule has 0 amide bonds. The summed E-state index contributed by atoms with van der Waals surface area (Å²) in [7, 11) is 0. The monoisotopic (exact) mass is 337 g/mol. The number of halogens is 2. The van der Waals surface area contributed by atoms with E-state index in [9.17, 15) is 4.39 Å². The quantitative estimate of drug-likeness (QED) is 0.886. The molecule has 2 aromatic rings. The molecule has 2 aromatic carbocycles. The molecule has 2 nitrogen and oxygen atoms in total. The molecule has 0 heterocycles. The van der Waals surface area contributed by atoms with Gasteiger partial charge in [-0.25, -0.2) is 4.39 Å². The zero-order valence-electron chi connectivity index (χ0n) is 11.5. The van der Waals surface area contributed by atoms with Crippen molar-refractivity contribution in [2.24, 2.45) is 5.73 Å². The van der Waals surface area contributed by atoms with Crippen LogP contribution in [0.2, 0.25) is 0 Å². The first-order valence-corrected chi connectivity index (χ1v) is 7.23. The lowest BCUT2D eigenvalue weighted by molar-refractivity contribution is 0.467. The van der Waals surface area contributed by atoms with E-state index in [4.69, 9.17) is 10.5 Å². The molecule has 2 N–H and O–H groups in total. The number of rotatable bonds is 4. The highest BCUT2D eigenvalue weighted by Gasteiger charge is 2.10. The molecule has 0 aromatic heterocycles. The van der Waals surface area contributed by atoms with Crippen molar-refractivity contribution >= 4 is 15.9 Å². The average Bonchev–Trinajstić information content (AvgIpc) is 2.34. The van der Waals surface area contributed by atoms with Crippen LogP contribution in [-0.2, 0) is 6.42 Å². The van der Waals surface area contributed by atoms with E-state index in [1.807, 2.05) is 32.0 Å². The van der Waals surface area contributed by atoms with Crippen LogP contribution in [0.5, 0.6) is 11.5 Å². The Labute approximate surface area is 126 Å². The van der Waals surface area contributed by atoms with Crippen LogP contribution < -0.4 is 10.5 Å². The Bertz CT molecular complexity index is 613. The summed E-state index contributed by atoms with van der Waals surface area (Å²) in [6, 6.07) is 10.3. The average molecular weight is 338 g/mol. The zero-order valence-corrected chi connectivity index (χ0v) is 13.1. The fraction of sp³-hybridized carbons (Fsp3) is 0.250. The number of hydrogen-bond acceptors (Lipinski definition) is 2. The van der Waals surface area contributed by atoms with E-state index < -0.39 is 0 Å². The summed E-state index contributed by atoms with van der Waals surface area (Å²) in [4.78, 5) is 0. The molecular formula is C16H17BrFNO. The standard InChI is InChI=1S/C16H17BrFNO/c1-10-7-13(17)3-5-15(10)20-16-6-4-14(18)9-12(16)8-11(2)19/h3-7,9,11H,8,19H2,1-2H3. The molecule has 20 heavy (non-hydrogen) atoms. The van der Waals surface area contributed by atoms with Crippen LogP contribution >= 0.6 is 15.9 Å². The first-order chi connectivity index (χ1) is 9.45. The minimum Gasteiger partial charge on any atom is -0.457 e. The first-order valence-electron chi connectivity index (χ1n) is 6.43. The van der Waals surface area contributed by atoms with Crippen molar-refractivity contribution < 1.29 is 9.13 Å². The van der Waals surface area contributed by atoms with Gasteiger partial charge in [-0.3, -0.25) is 0 Å². The summed E-state index contributed by atoms with van der Waals surface area (Å²) in [5.74, 6) is 1.13. The summed E-state index contributed by atoms with van der Waals surface area (Å²) in [5.41, 5.74) is 7.59. The van der Waals surface area contributed by atoms with Crippen LogP contribution in [0.1, 0.15) is 18.1 Å². The molecule has 0 aliphatic heterocycles. The minimum atomic E-state index is -0.277. The second-order valence-electron chi connectivity index (χ2n) is 4.95. The highest BCUT2D eigenvalue weighted by Crippen LogP contribution is 2.30. The van der Waals surface area contributed by atoms with Crippen LogP contribution in [0.4, 0.5) is 4.39 Å². The Kier molecular flexibility index (Phi) is 4.78. The second-order valence-corrected chi connectivity index (χ2v) is 5.86. The molecule has 0 aliphatic rings. The number of aryl methyl sites for hydroxylation is 1. The topological polar surface area (TPSA) is 35.2 Å². The summed E-state index contributed by atoms with van der Waals surface area (Å²) >= 11 is 3.42. The van der Waals surface area contributed by atoms with Gasteiger partial charge in [-0.2, -0.15) is 0 Å². The Morgan fingerprint density at radius 2 is 1.90 bits per heavy atom. The maximum absolute atomic E-state index is 13.4. The lowest BCUT2D eigenvalue weighted by Gasteiger charge is -2.14. The molecule has 0 bridgehead atoms. The fourth-order valence-corrected chi connectivity index (χ4v) is 2.48. The van der Waals surface area contributed by atoms with Gasteiger partial charge in [-0.15, -0.1) is 0 Å². The van der Waals surface area contributed by atoms with Gasteiger partial charge in [0.15, 0.2) is 0 Å². The third-order valence-electron chi connectivity index (χ3n) is 2.92. The van der Waals surface area contributed by atoms with Gasteiger partial charge in [-0.05, 0) is 67.8 Å². The van der Waals surface area contributed by atoms with Gasteiger partial charge < -0.3 is 10.5 Å². The normalized spacial score (nSPS) is 12.2. The molecule has 4 heteroatoms. The zero-order chi connectivity index (χ0) is 14.7. The highest BCUT2D eigenvalue weighted by molar-refractivity contribution is 9.10. The third kappa shape index (κ3) is 3.81. The van der Waals surface area contributed by atoms with Crippen LogP contribution in [-0.4, -0.2) is 6.04 Å². The molecule has 0 saturated carbocycles. The van der Waals surface area contributed by atoms with Gasteiger partial charge in [0, 0.05) is 10.5 Å². The summed E-state index contributed by atoms with van der Waals surface area (Å²) in [6.45, 7) is 3.86. The molecule has 0 saturated heterocycles. The van der Waals surface area contributed by atoms with Crippen molar-refractivity contribution in [1.29, 1.82) is 0 Å². The molecule has 1 atom stereocenters. The van der Waals surface area contributed by atoms with Gasteiger partial charge in [0.05, 0.1) is 0 Å². The molecule has 0 aliphatic carbocycles. The summed E-state index contributed by atoms with van der Waals surface area (Å²) in [5, 5.41) is 0. The van der Waals surface area contributed by atoms with Crippen molar-refractivity contribution in [2.45, 2.75) is 26.3 Å². The predicted octanol–water partition coefficient (Wildman–Crippen LogP) is 4.58. The van der Waals surface area contributed by atoms with Crippen LogP contribution in [0.25, 0.3) is 0 Å². The smallest absolute Gasteiger partial charge is 0.130 e. The van der Waals surface area contributed by atoms with Crippen molar-refractivity contribution in [3.8, 4) is 11.5 Å². The number of nitrogens with two attached hydrogens (primary N) is 1. The molecule has 1 unspecified atom stereocenters. The van der Waals surface area contributed by atoms with E-state index >= 15 is 0 Å². The molecular weight excluding hydrogens is 321 g/mol. The van der Waals surface area contributed by atoms with Crippen molar-refractivity contribution in [3.05, 3.63) is 57.8 Å². The lowest BCUT2D eigenvalue weighted by Crippen LogP contribution is -2.18. The molecule has 106 valence electrons. The predicted molar refractivity (Wildman–Crippen MR) is 82.7 cm³/mol. The molecule has 2 rings (SSSR count). The SMILES string of the molecule is Cc1cc(Br)ccc1Oc1ccc(F)cc1CC(C)N.